The van der Waals surface area contributed by atoms with Gasteiger partial charge in [-0.1, -0.05) is 45.4 Å². The minimum absolute atomic E-state index is 0.149. The van der Waals surface area contributed by atoms with Crippen molar-refractivity contribution in [1.29, 1.82) is 5.26 Å². The zero-order valence-electron chi connectivity index (χ0n) is 20.4. The van der Waals surface area contributed by atoms with E-state index in [1.54, 1.807) is 12.1 Å². The predicted octanol–water partition coefficient (Wildman–Crippen LogP) is 6.96. The monoisotopic (exact) mass is 486 g/mol. The maximum absolute atomic E-state index is 14.6. The van der Waals surface area contributed by atoms with Gasteiger partial charge in [0, 0.05) is 18.5 Å². The molecule has 2 aromatic rings. The van der Waals surface area contributed by atoms with E-state index in [1.807, 2.05) is 31.7 Å². The highest BCUT2D eigenvalue weighted by molar-refractivity contribution is 6.31. The van der Waals surface area contributed by atoms with Crippen LogP contribution in [0.3, 0.4) is 0 Å². The van der Waals surface area contributed by atoms with Crippen LogP contribution >= 0.6 is 11.6 Å². The van der Waals surface area contributed by atoms with E-state index < -0.39 is 17.0 Å². The van der Waals surface area contributed by atoms with Gasteiger partial charge in [-0.3, -0.25) is 4.79 Å². The van der Waals surface area contributed by atoms with E-state index in [0.717, 1.165) is 30.9 Å². The molecular formula is C28H33ClF2N2O. The number of rotatable bonds is 8. The second-order valence-electron chi connectivity index (χ2n) is 10.5. The van der Waals surface area contributed by atoms with Crippen LogP contribution in [0.1, 0.15) is 63.6 Å². The van der Waals surface area contributed by atoms with Crippen molar-refractivity contribution >= 4 is 17.5 Å². The number of carbonyl (C=O) groups excluding carboxylic acids is 1. The highest BCUT2D eigenvalue weighted by atomic mass is 35.5. The third-order valence-corrected chi connectivity index (χ3v) is 7.98. The summed E-state index contributed by atoms with van der Waals surface area (Å²) in [6, 6.07) is 11.1. The molecule has 1 unspecified atom stereocenters. The van der Waals surface area contributed by atoms with Crippen molar-refractivity contribution < 1.29 is 13.6 Å². The van der Waals surface area contributed by atoms with E-state index in [9.17, 15) is 13.6 Å². The molecule has 3 nitrogen and oxygen atoms in total. The van der Waals surface area contributed by atoms with Gasteiger partial charge in [-0.25, -0.2) is 8.78 Å². The van der Waals surface area contributed by atoms with Crippen molar-refractivity contribution in [2.24, 2.45) is 16.7 Å². The second-order valence-corrected chi connectivity index (χ2v) is 10.9. The molecule has 1 amide bonds. The van der Waals surface area contributed by atoms with Gasteiger partial charge in [-0.15, -0.1) is 0 Å². The smallest absolute Gasteiger partial charge is 0.228 e. The molecule has 2 atom stereocenters. The number of hydrogen-bond donors (Lipinski definition) is 0. The molecule has 34 heavy (non-hydrogen) atoms. The van der Waals surface area contributed by atoms with E-state index in [0.29, 0.717) is 42.1 Å². The van der Waals surface area contributed by atoms with Crippen LogP contribution in [0.5, 0.6) is 0 Å². The maximum atomic E-state index is 14.6. The molecule has 0 N–H and O–H groups in total. The Hall–Kier alpha value is -2.45. The number of carbonyl (C=O) groups is 1. The summed E-state index contributed by atoms with van der Waals surface area (Å²) >= 11 is 6.23. The van der Waals surface area contributed by atoms with Gasteiger partial charge in [0.2, 0.25) is 5.91 Å². The first-order valence-electron chi connectivity index (χ1n) is 11.9. The molecule has 0 spiro atoms. The van der Waals surface area contributed by atoms with Crippen LogP contribution in [0.25, 0.3) is 0 Å². The van der Waals surface area contributed by atoms with Gasteiger partial charge in [0.1, 0.15) is 17.7 Å². The van der Waals surface area contributed by atoms with E-state index in [2.05, 4.69) is 13.0 Å². The van der Waals surface area contributed by atoms with Crippen LogP contribution in [-0.4, -0.2) is 23.9 Å². The Balaban J connectivity index is 1.86. The van der Waals surface area contributed by atoms with Gasteiger partial charge >= 0.3 is 0 Å². The van der Waals surface area contributed by atoms with Crippen molar-refractivity contribution in [2.45, 2.75) is 59.8 Å². The molecule has 1 heterocycles. The molecule has 6 heteroatoms. The molecule has 0 aromatic heterocycles. The summed E-state index contributed by atoms with van der Waals surface area (Å²) in [6.07, 6.45) is 3.37. The molecule has 182 valence electrons. The van der Waals surface area contributed by atoms with Crippen molar-refractivity contribution in [2.75, 3.05) is 13.1 Å². The van der Waals surface area contributed by atoms with Gasteiger partial charge in [0.15, 0.2) is 0 Å². The van der Waals surface area contributed by atoms with E-state index >= 15 is 0 Å². The molecule has 1 fully saturated rings. The average molecular weight is 487 g/mol. The Kier molecular flexibility index (Phi) is 8.03. The highest BCUT2D eigenvalue weighted by Crippen LogP contribution is 2.43. The first-order chi connectivity index (χ1) is 16.0. The largest absolute Gasteiger partial charge is 0.342 e. The quantitative estimate of drug-likeness (QED) is 0.405. The fraction of sp³-hybridized carbons (Fsp3) is 0.500. The third kappa shape index (κ3) is 5.78. The lowest BCUT2D eigenvalue weighted by Gasteiger charge is -2.37. The van der Waals surface area contributed by atoms with Crippen LogP contribution in [0.4, 0.5) is 8.78 Å². The molecule has 0 radical (unpaired) electrons. The number of likely N-dealkylation sites (tertiary alicyclic amines) is 1. The first-order valence-corrected chi connectivity index (χ1v) is 12.3. The molecular weight excluding hydrogens is 454 g/mol. The summed E-state index contributed by atoms with van der Waals surface area (Å²) in [5.74, 6) is -0.561. The van der Waals surface area contributed by atoms with Gasteiger partial charge in [0.05, 0.1) is 10.6 Å². The van der Waals surface area contributed by atoms with Crippen LogP contribution in [-0.2, 0) is 17.6 Å². The Morgan fingerprint density at radius 2 is 1.94 bits per heavy atom. The summed E-state index contributed by atoms with van der Waals surface area (Å²) < 4.78 is 28.6. The molecule has 1 aliphatic rings. The zero-order chi connectivity index (χ0) is 25.1. The third-order valence-electron chi connectivity index (χ3n) is 7.66. The van der Waals surface area contributed by atoms with E-state index in [1.165, 1.54) is 12.1 Å². The summed E-state index contributed by atoms with van der Waals surface area (Å²) in [7, 11) is 0. The molecule has 0 saturated carbocycles. The van der Waals surface area contributed by atoms with Crippen molar-refractivity contribution in [3.8, 4) is 6.07 Å². The summed E-state index contributed by atoms with van der Waals surface area (Å²) in [4.78, 5) is 15.0. The van der Waals surface area contributed by atoms with Crippen LogP contribution < -0.4 is 0 Å². The van der Waals surface area contributed by atoms with Crippen LogP contribution in [0.2, 0.25) is 5.02 Å². The van der Waals surface area contributed by atoms with Gasteiger partial charge < -0.3 is 4.90 Å². The summed E-state index contributed by atoms with van der Waals surface area (Å²) in [5.41, 5.74) is 1.00. The number of aryl methyl sites for hydroxylation is 1. The van der Waals surface area contributed by atoms with E-state index in [-0.39, 0.29) is 17.2 Å². The highest BCUT2D eigenvalue weighted by Gasteiger charge is 2.42. The lowest BCUT2D eigenvalue weighted by molar-refractivity contribution is -0.139. The number of hydrogen-bond acceptors (Lipinski definition) is 2. The van der Waals surface area contributed by atoms with Crippen LogP contribution in [0.15, 0.2) is 36.4 Å². The number of benzene rings is 2. The first kappa shape index (κ1) is 26.2. The Morgan fingerprint density at radius 3 is 2.59 bits per heavy atom. The van der Waals surface area contributed by atoms with Crippen molar-refractivity contribution in [1.82, 2.24) is 4.90 Å². The lowest BCUT2D eigenvalue weighted by Crippen LogP contribution is -2.41. The summed E-state index contributed by atoms with van der Waals surface area (Å²) in [6.45, 7) is 9.37. The SMILES string of the molecule is CCC(C)(C)C(=O)N1CCC([C@](C)(CCc2ccc(C#N)c(Cl)c2)Cc2cc(F)ccc2F)C1. The Bertz CT molecular complexity index is 1090. The molecule has 0 aliphatic carbocycles. The van der Waals surface area contributed by atoms with Gasteiger partial charge in [0.25, 0.3) is 0 Å². The van der Waals surface area contributed by atoms with Gasteiger partial charge in [-0.2, -0.15) is 5.26 Å². The molecule has 1 aliphatic heterocycles. The molecule has 0 bridgehead atoms. The number of nitriles is 1. The standard InChI is InChI=1S/C28H33ClF2N2O/c1-5-27(2,3)26(34)33-13-11-22(18-33)28(4,16-21-15-23(30)8-9-25(21)31)12-10-19-6-7-20(17-32)24(29)14-19/h6-9,14-15,22H,5,10-13,16,18H2,1-4H3/t22?,28-/m1/s1. The fourth-order valence-electron chi connectivity index (χ4n) is 4.88. The average Bonchev–Trinajstić information content (AvgIpc) is 3.31. The van der Waals surface area contributed by atoms with E-state index in [4.69, 9.17) is 16.9 Å². The number of nitrogens with zero attached hydrogens (tertiary/aromatic N) is 2. The Morgan fingerprint density at radius 1 is 1.21 bits per heavy atom. The van der Waals surface area contributed by atoms with Crippen LogP contribution in [0, 0.1) is 39.7 Å². The normalized spacial score (nSPS) is 17.9. The fourth-order valence-corrected chi connectivity index (χ4v) is 5.12. The number of amides is 1. The van der Waals surface area contributed by atoms with Crippen molar-refractivity contribution in [3.63, 3.8) is 0 Å². The van der Waals surface area contributed by atoms with Crippen molar-refractivity contribution in [3.05, 3.63) is 69.7 Å². The maximum Gasteiger partial charge on any atom is 0.228 e. The molecule has 3 rings (SSSR count). The zero-order valence-corrected chi connectivity index (χ0v) is 21.2. The second kappa shape index (κ2) is 10.4. The lowest BCUT2D eigenvalue weighted by atomic mass is 9.69. The minimum atomic E-state index is -0.453. The predicted molar refractivity (Wildman–Crippen MR) is 131 cm³/mol. The minimum Gasteiger partial charge on any atom is -0.342 e. The number of halogens is 3. The molecule has 2 aromatic carbocycles. The topological polar surface area (TPSA) is 44.1 Å². The Labute approximate surface area is 206 Å². The summed E-state index contributed by atoms with van der Waals surface area (Å²) in [5, 5.41) is 9.55. The van der Waals surface area contributed by atoms with Gasteiger partial charge in [-0.05, 0) is 84.9 Å². The molecule has 1 saturated heterocycles.